The molecule has 0 bridgehead atoms. The van der Waals surface area contributed by atoms with Crippen LogP contribution in [0.5, 0.6) is 0 Å². The summed E-state index contributed by atoms with van der Waals surface area (Å²) in [5.74, 6) is 0. The molecule has 6 heteroatoms. The molecular weight excluding hydrogens is 276 g/mol. The number of sulfonamides is 1. The number of nitrogens with one attached hydrogen (secondary N) is 2. The normalized spacial score (nSPS) is 14.1. The average Bonchev–Trinajstić information content (AvgIpc) is 2.90. The summed E-state index contributed by atoms with van der Waals surface area (Å²) < 4.78 is 32.2. The molecule has 1 heterocycles. The number of unbranched alkanes of at least 4 members (excludes halogenated alkanes) is 1. The topological polar surface area (TPSA) is 67.4 Å². The van der Waals surface area contributed by atoms with E-state index < -0.39 is 10.0 Å². The highest BCUT2D eigenvalue weighted by molar-refractivity contribution is 7.89. The molecule has 5 nitrogen and oxygen atoms in total. The van der Waals surface area contributed by atoms with Gasteiger partial charge >= 0.3 is 0 Å². The lowest BCUT2D eigenvalue weighted by atomic mass is 10.2. The van der Waals surface area contributed by atoms with E-state index in [-0.39, 0.29) is 0 Å². The van der Waals surface area contributed by atoms with Crippen LogP contribution >= 0.6 is 0 Å². The number of hydrogen-bond acceptors (Lipinski definition) is 4. The molecule has 0 saturated heterocycles. The van der Waals surface area contributed by atoms with E-state index in [9.17, 15) is 8.42 Å². The molecule has 1 aliphatic heterocycles. The van der Waals surface area contributed by atoms with E-state index in [1.165, 1.54) is 0 Å². The molecule has 0 aliphatic carbocycles. The molecule has 0 radical (unpaired) electrons. The Morgan fingerprint density at radius 3 is 3.00 bits per heavy atom. The van der Waals surface area contributed by atoms with Gasteiger partial charge in [-0.1, -0.05) is 13.3 Å². The van der Waals surface area contributed by atoms with Crippen LogP contribution in [-0.4, -0.2) is 34.7 Å². The fourth-order valence-corrected chi connectivity index (χ4v) is 3.19. The van der Waals surface area contributed by atoms with Gasteiger partial charge in [0.1, 0.15) is 0 Å². The van der Waals surface area contributed by atoms with Gasteiger partial charge < -0.3 is 10.1 Å². The number of ether oxygens (including phenoxy) is 1. The molecule has 0 saturated carbocycles. The van der Waals surface area contributed by atoms with Gasteiger partial charge in [0.05, 0.1) is 11.5 Å². The van der Waals surface area contributed by atoms with Crippen molar-refractivity contribution < 1.29 is 13.2 Å². The smallest absolute Gasteiger partial charge is 0.240 e. The van der Waals surface area contributed by atoms with Gasteiger partial charge in [0, 0.05) is 25.4 Å². The van der Waals surface area contributed by atoms with Gasteiger partial charge in [-0.05, 0) is 36.6 Å². The minimum Gasteiger partial charge on any atom is -0.384 e. The lowest BCUT2D eigenvalue weighted by Gasteiger charge is -2.08. The molecule has 0 fully saturated rings. The van der Waals surface area contributed by atoms with E-state index in [0.717, 1.165) is 37.1 Å². The van der Waals surface area contributed by atoms with Crippen LogP contribution in [0.2, 0.25) is 0 Å². The Labute approximate surface area is 120 Å². The second-order valence-corrected chi connectivity index (χ2v) is 6.63. The summed E-state index contributed by atoms with van der Waals surface area (Å²) in [6.07, 6.45) is 2.96. The van der Waals surface area contributed by atoms with Crippen molar-refractivity contribution in [2.45, 2.75) is 31.1 Å². The van der Waals surface area contributed by atoms with Gasteiger partial charge in [-0.2, -0.15) is 0 Å². The number of rotatable bonds is 8. The first-order valence-corrected chi connectivity index (χ1v) is 8.56. The SMILES string of the molecule is CCCCOCCNS(=O)(=O)c1ccc2c(c1)CCN2. The maximum Gasteiger partial charge on any atom is 0.240 e. The second kappa shape index (κ2) is 7.06. The molecule has 2 N–H and O–H groups in total. The van der Waals surface area contributed by atoms with E-state index in [1.54, 1.807) is 12.1 Å². The standard InChI is InChI=1S/C14H22N2O3S/c1-2-3-9-19-10-8-16-20(17,18)13-4-5-14-12(11-13)6-7-15-14/h4-5,11,15-16H,2-3,6-10H2,1H3. The van der Waals surface area contributed by atoms with Gasteiger partial charge in [-0.3, -0.25) is 0 Å². The van der Waals surface area contributed by atoms with Crippen molar-refractivity contribution in [1.82, 2.24) is 4.72 Å². The first kappa shape index (κ1) is 15.3. The highest BCUT2D eigenvalue weighted by Crippen LogP contribution is 2.24. The molecule has 1 aromatic carbocycles. The van der Waals surface area contributed by atoms with Crippen LogP contribution in [0.15, 0.2) is 23.1 Å². The molecule has 2 rings (SSSR count). The van der Waals surface area contributed by atoms with Crippen LogP contribution in [0.1, 0.15) is 25.3 Å². The average molecular weight is 298 g/mol. The molecule has 0 aromatic heterocycles. The van der Waals surface area contributed by atoms with Crippen LogP contribution in [0.25, 0.3) is 0 Å². The Morgan fingerprint density at radius 1 is 1.35 bits per heavy atom. The van der Waals surface area contributed by atoms with Gasteiger partial charge in [0.25, 0.3) is 0 Å². The first-order valence-electron chi connectivity index (χ1n) is 7.07. The third-order valence-corrected chi connectivity index (χ3v) is 4.74. The maximum absolute atomic E-state index is 12.1. The summed E-state index contributed by atoms with van der Waals surface area (Å²) in [5.41, 5.74) is 2.10. The quantitative estimate of drug-likeness (QED) is 0.718. The lowest BCUT2D eigenvalue weighted by molar-refractivity contribution is 0.136. The number of anilines is 1. The van der Waals surface area contributed by atoms with E-state index in [4.69, 9.17) is 4.74 Å². The fraction of sp³-hybridized carbons (Fsp3) is 0.571. The van der Waals surface area contributed by atoms with Crippen LogP contribution in [-0.2, 0) is 21.2 Å². The third-order valence-electron chi connectivity index (χ3n) is 3.28. The highest BCUT2D eigenvalue weighted by atomic mass is 32.2. The Morgan fingerprint density at radius 2 is 2.20 bits per heavy atom. The Hall–Kier alpha value is -1.11. The Balaban J connectivity index is 1.87. The van der Waals surface area contributed by atoms with Crippen molar-refractivity contribution in [3.05, 3.63) is 23.8 Å². The molecule has 0 unspecified atom stereocenters. The molecule has 0 spiro atoms. The third kappa shape index (κ3) is 3.94. The zero-order valence-electron chi connectivity index (χ0n) is 11.8. The minimum atomic E-state index is -3.43. The van der Waals surface area contributed by atoms with E-state index in [1.807, 2.05) is 6.07 Å². The van der Waals surface area contributed by atoms with Gasteiger partial charge in [-0.25, -0.2) is 13.1 Å². The van der Waals surface area contributed by atoms with Gasteiger partial charge in [0.2, 0.25) is 10.0 Å². The van der Waals surface area contributed by atoms with Crippen molar-refractivity contribution in [3.8, 4) is 0 Å². The fourth-order valence-electron chi connectivity index (χ4n) is 2.13. The van der Waals surface area contributed by atoms with E-state index >= 15 is 0 Å². The van der Waals surface area contributed by atoms with Crippen LogP contribution in [0, 0.1) is 0 Å². The highest BCUT2D eigenvalue weighted by Gasteiger charge is 2.17. The summed E-state index contributed by atoms with van der Waals surface area (Å²) >= 11 is 0. The zero-order chi connectivity index (χ0) is 14.4. The summed E-state index contributed by atoms with van der Waals surface area (Å²) in [6.45, 7) is 4.36. The Kier molecular flexibility index (Phi) is 5.39. The summed E-state index contributed by atoms with van der Waals surface area (Å²) in [5, 5.41) is 3.22. The van der Waals surface area contributed by atoms with Crippen molar-refractivity contribution >= 4 is 15.7 Å². The Bertz CT molecular complexity index is 543. The minimum absolute atomic E-state index is 0.307. The molecule has 0 amide bonds. The molecule has 20 heavy (non-hydrogen) atoms. The number of benzene rings is 1. The summed E-state index contributed by atoms with van der Waals surface area (Å²) in [4.78, 5) is 0.327. The van der Waals surface area contributed by atoms with Crippen LogP contribution in [0.3, 0.4) is 0 Å². The van der Waals surface area contributed by atoms with E-state index in [0.29, 0.717) is 24.7 Å². The number of hydrogen-bond donors (Lipinski definition) is 2. The van der Waals surface area contributed by atoms with Crippen molar-refractivity contribution in [2.24, 2.45) is 0 Å². The van der Waals surface area contributed by atoms with Gasteiger partial charge in [-0.15, -0.1) is 0 Å². The molecular formula is C14H22N2O3S. The summed E-state index contributed by atoms with van der Waals surface area (Å²) in [7, 11) is -3.43. The predicted molar refractivity (Wildman–Crippen MR) is 79.6 cm³/mol. The van der Waals surface area contributed by atoms with Crippen molar-refractivity contribution in [1.29, 1.82) is 0 Å². The first-order chi connectivity index (χ1) is 9.63. The predicted octanol–water partition coefficient (Wildman–Crippen LogP) is 1.75. The molecule has 112 valence electrons. The lowest BCUT2D eigenvalue weighted by Crippen LogP contribution is -2.27. The van der Waals surface area contributed by atoms with Crippen LogP contribution in [0.4, 0.5) is 5.69 Å². The zero-order valence-corrected chi connectivity index (χ0v) is 12.6. The number of fused-ring (bicyclic) bond motifs is 1. The molecule has 0 atom stereocenters. The van der Waals surface area contributed by atoms with Crippen molar-refractivity contribution in [3.63, 3.8) is 0 Å². The maximum atomic E-state index is 12.1. The van der Waals surface area contributed by atoms with Crippen LogP contribution < -0.4 is 10.0 Å². The molecule has 1 aromatic rings. The van der Waals surface area contributed by atoms with Crippen molar-refractivity contribution in [2.75, 3.05) is 31.6 Å². The second-order valence-electron chi connectivity index (χ2n) is 4.86. The monoisotopic (exact) mass is 298 g/mol. The summed E-state index contributed by atoms with van der Waals surface area (Å²) in [6, 6.07) is 5.21. The molecule has 1 aliphatic rings. The largest absolute Gasteiger partial charge is 0.384 e. The van der Waals surface area contributed by atoms with E-state index in [2.05, 4.69) is 17.0 Å². The van der Waals surface area contributed by atoms with Gasteiger partial charge in [0.15, 0.2) is 0 Å².